The quantitative estimate of drug-likeness (QED) is 0.448. The molecule has 3 N–H and O–H groups in total. The normalized spacial score (nSPS) is 11.3. The molecule has 0 radical (unpaired) electrons. The fourth-order valence-electron chi connectivity index (χ4n) is 0.410. The minimum absolute atomic E-state index is 0.418. The molecule has 66 valence electrons. The van der Waals surface area contributed by atoms with Gasteiger partial charge in [0.25, 0.3) is 5.91 Å². The lowest BCUT2D eigenvalue weighted by Crippen LogP contribution is -2.43. The first-order chi connectivity index (χ1) is 5.10. The number of aliphatic hydroxyl groups is 2. The van der Waals surface area contributed by atoms with Crippen molar-refractivity contribution in [2.75, 3.05) is 20.3 Å². The van der Waals surface area contributed by atoms with Crippen LogP contribution in [0, 0.1) is 5.41 Å². The number of aliphatic hydroxyl groups excluding tert-OH is 2. The Morgan fingerprint density at radius 3 is 2.27 bits per heavy atom. The molecule has 1 amide bonds. The van der Waals surface area contributed by atoms with Gasteiger partial charge in [0.2, 0.25) is 0 Å². The highest BCUT2D eigenvalue weighted by molar-refractivity contribution is 5.81. The maximum absolute atomic E-state index is 11.0. The van der Waals surface area contributed by atoms with E-state index in [1.165, 1.54) is 14.0 Å². The van der Waals surface area contributed by atoms with Gasteiger partial charge in [-0.2, -0.15) is 0 Å². The Morgan fingerprint density at radius 1 is 1.55 bits per heavy atom. The zero-order valence-corrected chi connectivity index (χ0v) is 6.63. The predicted molar refractivity (Wildman–Crippen MR) is 37.4 cm³/mol. The summed E-state index contributed by atoms with van der Waals surface area (Å²) in [7, 11) is 1.28. The van der Waals surface area contributed by atoms with E-state index in [0.717, 1.165) is 0 Å². The number of carbonyl (C=O) groups is 1. The molecule has 0 unspecified atom stereocenters. The van der Waals surface area contributed by atoms with Crippen molar-refractivity contribution in [3.05, 3.63) is 0 Å². The van der Waals surface area contributed by atoms with Crippen LogP contribution in [0.3, 0.4) is 0 Å². The molecule has 0 aromatic rings. The number of nitrogens with one attached hydrogen (secondary N) is 1. The summed E-state index contributed by atoms with van der Waals surface area (Å²) in [6.07, 6.45) is 0. The maximum Gasteiger partial charge on any atom is 0.254 e. The molecule has 0 aliphatic rings. The molecule has 5 nitrogen and oxygen atoms in total. The van der Waals surface area contributed by atoms with Crippen LogP contribution in [0.2, 0.25) is 0 Å². The highest BCUT2D eigenvalue weighted by Gasteiger charge is 2.31. The van der Waals surface area contributed by atoms with Crippen LogP contribution < -0.4 is 5.48 Å². The molecule has 0 saturated heterocycles. The van der Waals surface area contributed by atoms with E-state index in [-0.39, 0.29) is 0 Å². The van der Waals surface area contributed by atoms with Crippen LogP contribution in [0.25, 0.3) is 0 Å². The predicted octanol–water partition coefficient (Wildman–Crippen LogP) is -1.35. The largest absolute Gasteiger partial charge is 0.395 e. The van der Waals surface area contributed by atoms with Crippen LogP contribution in [-0.2, 0) is 9.63 Å². The first kappa shape index (κ1) is 10.3. The fourth-order valence-corrected chi connectivity index (χ4v) is 0.410. The number of carbonyl (C=O) groups excluding carboxylic acids is 1. The third-order valence-corrected chi connectivity index (χ3v) is 1.44. The standard InChI is InChI=1S/C6H13NO4/c1-6(3-8,4-9)5(10)7-11-2/h8-9H,3-4H2,1-2H3,(H,7,10). The van der Waals surface area contributed by atoms with Crippen LogP contribution in [0.15, 0.2) is 0 Å². The van der Waals surface area contributed by atoms with Crippen molar-refractivity contribution in [3.8, 4) is 0 Å². The second kappa shape index (κ2) is 4.27. The van der Waals surface area contributed by atoms with Gasteiger partial charge in [-0.25, -0.2) is 5.48 Å². The van der Waals surface area contributed by atoms with Gasteiger partial charge < -0.3 is 10.2 Å². The van der Waals surface area contributed by atoms with Gasteiger partial charge in [0, 0.05) is 0 Å². The van der Waals surface area contributed by atoms with Gasteiger partial charge in [0.05, 0.1) is 25.7 Å². The molecule has 0 aliphatic heterocycles. The Morgan fingerprint density at radius 2 is 2.00 bits per heavy atom. The van der Waals surface area contributed by atoms with Gasteiger partial charge >= 0.3 is 0 Å². The second-order valence-electron chi connectivity index (χ2n) is 2.51. The first-order valence-corrected chi connectivity index (χ1v) is 3.16. The summed E-state index contributed by atoms with van der Waals surface area (Å²) in [5.41, 5.74) is 0.858. The fraction of sp³-hybridized carbons (Fsp3) is 0.833. The lowest BCUT2D eigenvalue weighted by atomic mass is 9.92. The summed E-state index contributed by atoms with van der Waals surface area (Å²) in [6, 6.07) is 0. The Bertz CT molecular complexity index is 133. The van der Waals surface area contributed by atoms with Crippen molar-refractivity contribution in [2.24, 2.45) is 5.41 Å². The van der Waals surface area contributed by atoms with Crippen molar-refractivity contribution >= 4 is 5.91 Å². The zero-order chi connectivity index (χ0) is 8.91. The van der Waals surface area contributed by atoms with Crippen molar-refractivity contribution in [2.45, 2.75) is 6.92 Å². The summed E-state index contributed by atoms with van der Waals surface area (Å²) in [6.45, 7) is 0.596. The molecule has 0 saturated carbocycles. The van der Waals surface area contributed by atoms with Crippen molar-refractivity contribution < 1.29 is 19.8 Å². The average Bonchev–Trinajstić information content (AvgIpc) is 2.03. The molecule has 0 aromatic heterocycles. The Kier molecular flexibility index (Phi) is 4.02. The van der Waals surface area contributed by atoms with E-state index in [4.69, 9.17) is 10.2 Å². The molecule has 0 atom stereocenters. The summed E-state index contributed by atoms with van der Waals surface area (Å²) >= 11 is 0. The monoisotopic (exact) mass is 163 g/mol. The SMILES string of the molecule is CONC(=O)C(C)(CO)CO. The molecule has 5 heteroatoms. The van der Waals surface area contributed by atoms with Gasteiger partial charge in [-0.1, -0.05) is 0 Å². The topological polar surface area (TPSA) is 78.8 Å². The molecular formula is C6H13NO4. The number of hydrogen-bond acceptors (Lipinski definition) is 4. The lowest BCUT2D eigenvalue weighted by molar-refractivity contribution is -0.145. The van der Waals surface area contributed by atoms with Crippen LogP contribution in [0.1, 0.15) is 6.92 Å². The summed E-state index contributed by atoms with van der Waals surface area (Å²) in [5.74, 6) is -0.537. The Hall–Kier alpha value is -0.650. The van der Waals surface area contributed by atoms with E-state index < -0.39 is 24.5 Å². The molecule has 0 bridgehead atoms. The van der Waals surface area contributed by atoms with Crippen LogP contribution in [0.4, 0.5) is 0 Å². The van der Waals surface area contributed by atoms with Gasteiger partial charge in [-0.05, 0) is 6.92 Å². The van der Waals surface area contributed by atoms with E-state index in [0.29, 0.717) is 0 Å². The van der Waals surface area contributed by atoms with E-state index in [2.05, 4.69) is 4.84 Å². The molecule has 0 heterocycles. The Balaban J connectivity index is 4.12. The summed E-state index contributed by atoms with van der Waals surface area (Å²) in [4.78, 5) is 15.3. The van der Waals surface area contributed by atoms with Crippen molar-refractivity contribution in [3.63, 3.8) is 0 Å². The molecular weight excluding hydrogens is 150 g/mol. The number of rotatable bonds is 4. The highest BCUT2D eigenvalue weighted by atomic mass is 16.6. The van der Waals surface area contributed by atoms with E-state index in [9.17, 15) is 4.79 Å². The number of hydroxylamine groups is 1. The average molecular weight is 163 g/mol. The minimum atomic E-state index is -1.17. The second-order valence-corrected chi connectivity index (χ2v) is 2.51. The first-order valence-electron chi connectivity index (χ1n) is 3.16. The van der Waals surface area contributed by atoms with E-state index in [1.54, 1.807) is 0 Å². The van der Waals surface area contributed by atoms with Crippen molar-refractivity contribution in [1.29, 1.82) is 0 Å². The lowest BCUT2D eigenvalue weighted by Gasteiger charge is -2.21. The molecule has 0 fully saturated rings. The highest BCUT2D eigenvalue weighted by Crippen LogP contribution is 2.13. The molecule has 11 heavy (non-hydrogen) atoms. The van der Waals surface area contributed by atoms with Gasteiger partial charge in [0.15, 0.2) is 0 Å². The van der Waals surface area contributed by atoms with Gasteiger partial charge in [-0.15, -0.1) is 0 Å². The molecule has 0 spiro atoms. The van der Waals surface area contributed by atoms with Crippen LogP contribution in [-0.4, -0.2) is 36.4 Å². The third-order valence-electron chi connectivity index (χ3n) is 1.44. The van der Waals surface area contributed by atoms with Crippen LogP contribution in [0.5, 0.6) is 0 Å². The molecule has 0 rings (SSSR count). The zero-order valence-electron chi connectivity index (χ0n) is 6.63. The molecule has 0 aliphatic carbocycles. The molecule has 0 aromatic carbocycles. The summed E-state index contributed by atoms with van der Waals surface area (Å²) < 4.78 is 0. The van der Waals surface area contributed by atoms with Crippen molar-refractivity contribution in [1.82, 2.24) is 5.48 Å². The number of hydrogen-bond donors (Lipinski definition) is 3. The Labute approximate surface area is 64.9 Å². The van der Waals surface area contributed by atoms with E-state index >= 15 is 0 Å². The maximum atomic E-state index is 11.0. The summed E-state index contributed by atoms with van der Waals surface area (Å²) in [5, 5.41) is 17.4. The van der Waals surface area contributed by atoms with Gasteiger partial charge in [-0.3, -0.25) is 9.63 Å². The number of amides is 1. The van der Waals surface area contributed by atoms with E-state index in [1.807, 2.05) is 5.48 Å². The minimum Gasteiger partial charge on any atom is -0.395 e. The smallest absolute Gasteiger partial charge is 0.254 e. The third kappa shape index (κ3) is 2.45. The van der Waals surface area contributed by atoms with Gasteiger partial charge in [0.1, 0.15) is 0 Å². The van der Waals surface area contributed by atoms with Crippen LogP contribution >= 0.6 is 0 Å².